The molecule has 0 aromatic carbocycles. The highest BCUT2D eigenvalue weighted by atomic mass is 32.2. The summed E-state index contributed by atoms with van der Waals surface area (Å²) in [5, 5.41) is 0.418. The van der Waals surface area contributed by atoms with Gasteiger partial charge in [0.05, 0.1) is 12.2 Å². The van der Waals surface area contributed by atoms with Crippen LogP contribution in [0.2, 0.25) is 0 Å². The molecule has 1 heterocycles. The van der Waals surface area contributed by atoms with Crippen molar-refractivity contribution in [3.63, 3.8) is 0 Å². The van der Waals surface area contributed by atoms with Crippen molar-refractivity contribution in [2.45, 2.75) is 11.9 Å². The lowest BCUT2D eigenvalue weighted by Gasteiger charge is -2.05. The highest BCUT2D eigenvalue weighted by Crippen LogP contribution is 2.15. The van der Waals surface area contributed by atoms with Crippen LogP contribution in [0.1, 0.15) is 17.3 Å². The zero-order valence-electron chi connectivity index (χ0n) is 8.71. The Morgan fingerprint density at radius 2 is 2.31 bits per heavy atom. The minimum atomic E-state index is -3.74. The molecule has 0 spiro atoms. The summed E-state index contributed by atoms with van der Waals surface area (Å²) in [7, 11) is -3.74. The molecule has 0 aliphatic carbocycles. The fourth-order valence-electron chi connectivity index (χ4n) is 1.06. The molecule has 0 saturated carbocycles. The fourth-order valence-corrected chi connectivity index (χ4v) is 1.88. The lowest BCUT2D eigenvalue weighted by Crippen LogP contribution is -2.12. The molecule has 0 radical (unpaired) electrons. The topological polar surface area (TPSA) is 73.3 Å². The van der Waals surface area contributed by atoms with E-state index < -0.39 is 15.8 Å². The van der Waals surface area contributed by atoms with E-state index in [9.17, 15) is 13.2 Å². The molecule has 0 N–H and O–H groups in total. The van der Waals surface area contributed by atoms with Crippen LogP contribution in [0.4, 0.5) is 0 Å². The molecule has 5 nitrogen and oxygen atoms in total. The van der Waals surface area contributed by atoms with Gasteiger partial charge in [-0.1, -0.05) is 6.58 Å². The summed E-state index contributed by atoms with van der Waals surface area (Å²) in [6, 6.07) is 2.82. The molecule has 0 bridgehead atoms. The largest absolute Gasteiger partial charge is 0.462 e. The second-order valence-electron chi connectivity index (χ2n) is 2.79. The molecule has 1 rings (SSSR count). The van der Waals surface area contributed by atoms with Crippen LogP contribution in [0.5, 0.6) is 0 Å². The van der Waals surface area contributed by atoms with Gasteiger partial charge in [0, 0.05) is 11.6 Å². The maximum absolute atomic E-state index is 11.5. The normalized spacial score (nSPS) is 10.8. The van der Waals surface area contributed by atoms with Crippen molar-refractivity contribution >= 4 is 15.8 Å². The third kappa shape index (κ3) is 2.46. The predicted molar refractivity (Wildman–Crippen MR) is 57.6 cm³/mol. The van der Waals surface area contributed by atoms with E-state index in [0.29, 0.717) is 0 Å². The van der Waals surface area contributed by atoms with Gasteiger partial charge in [0.25, 0.3) is 0 Å². The summed E-state index contributed by atoms with van der Waals surface area (Å²) in [6.07, 6.45) is 1.29. The Hall–Kier alpha value is -1.69. The SMILES string of the molecule is C=CS(=O)(=O)c1ncccc1C(=O)OCC. The Balaban J connectivity index is 3.31. The van der Waals surface area contributed by atoms with Gasteiger partial charge in [0.15, 0.2) is 5.03 Å². The van der Waals surface area contributed by atoms with Gasteiger partial charge in [0.1, 0.15) is 0 Å². The number of carbonyl (C=O) groups is 1. The van der Waals surface area contributed by atoms with Crippen LogP contribution in [-0.2, 0) is 14.6 Å². The molecule has 0 fully saturated rings. The number of carbonyl (C=O) groups excluding carboxylic acids is 1. The fraction of sp³-hybridized carbons (Fsp3) is 0.200. The number of rotatable bonds is 4. The molecule has 6 heteroatoms. The molecule has 0 saturated heterocycles. The van der Waals surface area contributed by atoms with E-state index >= 15 is 0 Å². The molecule has 1 aromatic heterocycles. The molecule has 86 valence electrons. The van der Waals surface area contributed by atoms with E-state index in [1.165, 1.54) is 18.3 Å². The summed E-state index contributed by atoms with van der Waals surface area (Å²) in [5.74, 6) is -0.712. The molecule has 0 unspecified atom stereocenters. The summed E-state index contributed by atoms with van der Waals surface area (Å²) < 4.78 is 27.8. The van der Waals surface area contributed by atoms with Crippen LogP contribution in [-0.4, -0.2) is 26.0 Å². The lowest BCUT2D eigenvalue weighted by molar-refractivity contribution is 0.0521. The van der Waals surface area contributed by atoms with Crippen molar-refractivity contribution in [1.29, 1.82) is 0 Å². The molecular formula is C10H11NO4S. The Labute approximate surface area is 93.7 Å². The first-order valence-corrected chi connectivity index (χ1v) is 6.07. The van der Waals surface area contributed by atoms with Gasteiger partial charge < -0.3 is 4.74 Å². The molecule has 16 heavy (non-hydrogen) atoms. The summed E-state index contributed by atoms with van der Waals surface area (Å²) in [6.45, 7) is 4.98. The van der Waals surface area contributed by atoms with E-state index in [0.717, 1.165) is 5.41 Å². The first-order chi connectivity index (χ1) is 7.53. The van der Waals surface area contributed by atoms with Crippen molar-refractivity contribution in [2.75, 3.05) is 6.61 Å². The minimum Gasteiger partial charge on any atom is -0.462 e. The highest BCUT2D eigenvalue weighted by molar-refractivity contribution is 7.94. The number of sulfone groups is 1. The number of hydrogen-bond acceptors (Lipinski definition) is 5. The van der Waals surface area contributed by atoms with E-state index in [-0.39, 0.29) is 17.2 Å². The molecule has 0 amide bonds. The van der Waals surface area contributed by atoms with E-state index in [1.54, 1.807) is 6.92 Å². The molecule has 0 aliphatic heterocycles. The van der Waals surface area contributed by atoms with Gasteiger partial charge in [-0.05, 0) is 19.1 Å². The standard InChI is InChI=1S/C10H11NO4S/c1-3-15-10(12)8-6-5-7-11-9(8)16(13,14)4-2/h4-7H,2-3H2,1H3. The van der Waals surface area contributed by atoms with Gasteiger partial charge >= 0.3 is 5.97 Å². The number of pyridine rings is 1. The second kappa shape index (κ2) is 4.89. The Morgan fingerprint density at radius 3 is 2.88 bits per heavy atom. The molecule has 0 atom stereocenters. The van der Waals surface area contributed by atoms with Crippen LogP contribution in [0.25, 0.3) is 0 Å². The van der Waals surface area contributed by atoms with Crippen molar-refractivity contribution < 1.29 is 17.9 Å². The minimum absolute atomic E-state index is 0.0794. The zero-order valence-corrected chi connectivity index (χ0v) is 9.53. The van der Waals surface area contributed by atoms with Gasteiger partial charge in [-0.3, -0.25) is 0 Å². The summed E-state index contributed by atoms with van der Waals surface area (Å²) in [4.78, 5) is 15.1. The molecule has 1 aromatic rings. The third-order valence-electron chi connectivity index (χ3n) is 1.76. The van der Waals surface area contributed by atoms with Gasteiger partial charge in [-0.25, -0.2) is 18.2 Å². The summed E-state index contributed by atoms with van der Waals surface area (Å²) in [5.41, 5.74) is -0.0794. The smallest absolute Gasteiger partial charge is 0.341 e. The lowest BCUT2D eigenvalue weighted by atomic mass is 10.3. The zero-order chi connectivity index (χ0) is 12.2. The van der Waals surface area contributed by atoms with Crippen molar-refractivity contribution in [2.24, 2.45) is 0 Å². The monoisotopic (exact) mass is 241 g/mol. The second-order valence-corrected chi connectivity index (χ2v) is 4.60. The number of ether oxygens (including phenoxy) is 1. The number of esters is 1. The Morgan fingerprint density at radius 1 is 1.62 bits per heavy atom. The summed E-state index contributed by atoms with van der Waals surface area (Å²) >= 11 is 0. The number of aromatic nitrogens is 1. The highest BCUT2D eigenvalue weighted by Gasteiger charge is 2.21. The van der Waals surface area contributed by atoms with Crippen molar-refractivity contribution in [1.82, 2.24) is 4.98 Å². The van der Waals surface area contributed by atoms with Gasteiger partial charge in [0.2, 0.25) is 9.84 Å². The predicted octanol–water partition coefficient (Wildman–Crippen LogP) is 1.18. The average Bonchev–Trinajstić information content (AvgIpc) is 2.29. The van der Waals surface area contributed by atoms with Crippen molar-refractivity contribution in [3.8, 4) is 0 Å². The van der Waals surface area contributed by atoms with Crippen LogP contribution in [0.3, 0.4) is 0 Å². The molecular weight excluding hydrogens is 230 g/mol. The Bertz CT molecular complexity index is 507. The maximum Gasteiger partial charge on any atom is 0.341 e. The first-order valence-electron chi connectivity index (χ1n) is 4.52. The van der Waals surface area contributed by atoms with Crippen LogP contribution in [0.15, 0.2) is 35.3 Å². The van der Waals surface area contributed by atoms with Gasteiger partial charge in [-0.15, -0.1) is 0 Å². The van der Waals surface area contributed by atoms with E-state index in [2.05, 4.69) is 11.6 Å². The van der Waals surface area contributed by atoms with Crippen LogP contribution >= 0.6 is 0 Å². The Kier molecular flexibility index (Phi) is 3.78. The number of hydrogen-bond donors (Lipinski definition) is 0. The number of nitrogens with zero attached hydrogens (tertiary/aromatic N) is 1. The quantitative estimate of drug-likeness (QED) is 0.740. The van der Waals surface area contributed by atoms with Crippen molar-refractivity contribution in [3.05, 3.63) is 35.9 Å². The van der Waals surface area contributed by atoms with E-state index in [1.807, 2.05) is 0 Å². The van der Waals surface area contributed by atoms with E-state index in [4.69, 9.17) is 4.74 Å². The molecule has 0 aliphatic rings. The first kappa shape index (κ1) is 12.4. The maximum atomic E-state index is 11.5. The van der Waals surface area contributed by atoms with Crippen LogP contribution in [0, 0.1) is 0 Å². The van der Waals surface area contributed by atoms with Crippen LogP contribution < -0.4 is 0 Å². The average molecular weight is 241 g/mol. The third-order valence-corrected chi connectivity index (χ3v) is 3.06. The van der Waals surface area contributed by atoms with Gasteiger partial charge in [-0.2, -0.15) is 0 Å².